The summed E-state index contributed by atoms with van der Waals surface area (Å²) in [4.78, 5) is 13.9. The molecule has 122 valence electrons. The fourth-order valence-corrected chi connectivity index (χ4v) is 2.20. The van der Waals surface area contributed by atoms with Gasteiger partial charge >= 0.3 is 6.03 Å². The van der Waals surface area contributed by atoms with Crippen LogP contribution in [0.1, 0.15) is 6.42 Å². The van der Waals surface area contributed by atoms with E-state index in [4.69, 9.17) is 9.47 Å². The second-order valence-electron chi connectivity index (χ2n) is 5.15. The molecule has 1 saturated heterocycles. The number of carbonyl (C=O) groups is 1. The summed E-state index contributed by atoms with van der Waals surface area (Å²) in [6.45, 7) is 6.19. The zero-order valence-electron chi connectivity index (χ0n) is 12.9. The average Bonchev–Trinajstić information content (AvgIpc) is 2.56. The molecule has 1 aliphatic heterocycles. The molecule has 6 nitrogen and oxygen atoms in total. The van der Waals surface area contributed by atoms with Gasteiger partial charge in [0.15, 0.2) is 0 Å². The van der Waals surface area contributed by atoms with Crippen LogP contribution in [0.25, 0.3) is 0 Å². The number of nitrogens with zero attached hydrogens (tertiary/aromatic N) is 1. The first-order valence-corrected chi connectivity index (χ1v) is 7.84. The van der Waals surface area contributed by atoms with E-state index in [9.17, 15) is 4.79 Å². The number of carbonyl (C=O) groups excluding carboxylic acids is 1. The van der Waals surface area contributed by atoms with Crippen LogP contribution in [0.3, 0.4) is 0 Å². The van der Waals surface area contributed by atoms with Crippen molar-refractivity contribution < 1.29 is 14.3 Å². The number of ether oxygens (including phenoxy) is 2. The molecule has 0 aromatic heterocycles. The molecule has 1 aromatic rings. The molecule has 1 heterocycles. The minimum atomic E-state index is -0.118. The Hall–Kier alpha value is -1.79. The van der Waals surface area contributed by atoms with Crippen LogP contribution < -0.4 is 15.4 Å². The number of amides is 2. The van der Waals surface area contributed by atoms with Crippen LogP contribution in [0.2, 0.25) is 0 Å². The Labute approximate surface area is 131 Å². The SMILES string of the molecule is O=C(NCCCOc1ccccc1)NCCN1CCOCC1. The zero-order chi connectivity index (χ0) is 15.5. The highest BCUT2D eigenvalue weighted by Crippen LogP contribution is 2.07. The van der Waals surface area contributed by atoms with E-state index in [1.54, 1.807) is 0 Å². The van der Waals surface area contributed by atoms with Crippen molar-refractivity contribution in [1.29, 1.82) is 0 Å². The highest BCUT2D eigenvalue weighted by atomic mass is 16.5. The second kappa shape index (κ2) is 10.0. The number of nitrogens with one attached hydrogen (secondary N) is 2. The zero-order valence-corrected chi connectivity index (χ0v) is 12.9. The van der Waals surface area contributed by atoms with Crippen molar-refractivity contribution in [3.63, 3.8) is 0 Å². The molecule has 0 radical (unpaired) electrons. The van der Waals surface area contributed by atoms with E-state index >= 15 is 0 Å². The predicted octanol–water partition coefficient (Wildman–Crippen LogP) is 1.09. The van der Waals surface area contributed by atoms with Gasteiger partial charge in [0.2, 0.25) is 0 Å². The van der Waals surface area contributed by atoms with Crippen LogP contribution in [0, 0.1) is 0 Å². The molecule has 2 amide bonds. The fourth-order valence-electron chi connectivity index (χ4n) is 2.20. The summed E-state index contributed by atoms with van der Waals surface area (Å²) in [7, 11) is 0. The minimum Gasteiger partial charge on any atom is -0.494 e. The van der Waals surface area contributed by atoms with Gasteiger partial charge in [-0.05, 0) is 18.6 Å². The van der Waals surface area contributed by atoms with Gasteiger partial charge in [-0.1, -0.05) is 18.2 Å². The quantitative estimate of drug-likeness (QED) is 0.706. The van der Waals surface area contributed by atoms with Crippen LogP contribution in [-0.2, 0) is 4.74 Å². The summed E-state index contributed by atoms with van der Waals surface area (Å²) in [5.41, 5.74) is 0. The first-order chi connectivity index (χ1) is 10.8. The van der Waals surface area contributed by atoms with Crippen molar-refractivity contribution in [2.45, 2.75) is 6.42 Å². The maximum absolute atomic E-state index is 11.6. The molecule has 6 heteroatoms. The summed E-state index contributed by atoms with van der Waals surface area (Å²) in [6, 6.07) is 9.56. The topological polar surface area (TPSA) is 62.8 Å². The molecule has 22 heavy (non-hydrogen) atoms. The van der Waals surface area contributed by atoms with Gasteiger partial charge in [0.25, 0.3) is 0 Å². The maximum atomic E-state index is 11.6. The lowest BCUT2D eigenvalue weighted by Crippen LogP contribution is -2.43. The standard InChI is InChI=1S/C16H25N3O3/c20-16(18-8-9-19-10-13-21-14-11-19)17-7-4-12-22-15-5-2-1-3-6-15/h1-3,5-6H,4,7-14H2,(H2,17,18,20). The molecule has 0 saturated carbocycles. The third-order valence-corrected chi connectivity index (χ3v) is 3.44. The largest absolute Gasteiger partial charge is 0.494 e. The third kappa shape index (κ3) is 6.78. The number of hydrogen-bond acceptors (Lipinski definition) is 4. The first-order valence-electron chi connectivity index (χ1n) is 7.84. The molecule has 1 aromatic carbocycles. The van der Waals surface area contributed by atoms with Crippen LogP contribution in [-0.4, -0.2) is 63.5 Å². The summed E-state index contributed by atoms with van der Waals surface area (Å²) < 4.78 is 10.8. The van der Waals surface area contributed by atoms with Gasteiger partial charge in [-0.3, -0.25) is 4.90 Å². The van der Waals surface area contributed by atoms with E-state index in [0.29, 0.717) is 19.7 Å². The molecule has 0 atom stereocenters. The Morgan fingerprint density at radius 1 is 1.14 bits per heavy atom. The maximum Gasteiger partial charge on any atom is 0.314 e. The lowest BCUT2D eigenvalue weighted by molar-refractivity contribution is 0.0387. The van der Waals surface area contributed by atoms with E-state index in [2.05, 4.69) is 15.5 Å². The van der Waals surface area contributed by atoms with Crippen molar-refractivity contribution in [3.05, 3.63) is 30.3 Å². The van der Waals surface area contributed by atoms with Crippen LogP contribution in [0.15, 0.2) is 30.3 Å². The van der Waals surface area contributed by atoms with Gasteiger partial charge in [0, 0.05) is 32.7 Å². The van der Waals surface area contributed by atoms with Crippen molar-refractivity contribution in [2.24, 2.45) is 0 Å². The lowest BCUT2D eigenvalue weighted by atomic mass is 10.3. The van der Waals surface area contributed by atoms with Crippen molar-refractivity contribution >= 4 is 6.03 Å². The van der Waals surface area contributed by atoms with Crippen molar-refractivity contribution in [1.82, 2.24) is 15.5 Å². The minimum absolute atomic E-state index is 0.118. The third-order valence-electron chi connectivity index (χ3n) is 3.44. The van der Waals surface area contributed by atoms with E-state index in [0.717, 1.165) is 45.0 Å². The van der Waals surface area contributed by atoms with E-state index < -0.39 is 0 Å². The number of urea groups is 1. The van der Waals surface area contributed by atoms with Gasteiger partial charge in [0.1, 0.15) is 5.75 Å². The van der Waals surface area contributed by atoms with Gasteiger partial charge < -0.3 is 20.1 Å². The van der Waals surface area contributed by atoms with Gasteiger partial charge in [0.05, 0.1) is 19.8 Å². The normalized spacial score (nSPS) is 15.3. The average molecular weight is 307 g/mol. The number of para-hydroxylation sites is 1. The predicted molar refractivity (Wildman–Crippen MR) is 85.2 cm³/mol. The smallest absolute Gasteiger partial charge is 0.314 e. The lowest BCUT2D eigenvalue weighted by Gasteiger charge is -2.26. The Bertz CT molecular complexity index is 422. The molecule has 1 aliphatic rings. The number of rotatable bonds is 8. The highest BCUT2D eigenvalue weighted by Gasteiger charge is 2.09. The Morgan fingerprint density at radius 2 is 1.86 bits per heavy atom. The van der Waals surface area contributed by atoms with Crippen molar-refractivity contribution in [3.8, 4) is 5.75 Å². The van der Waals surface area contributed by atoms with Gasteiger partial charge in [-0.25, -0.2) is 4.79 Å². The number of benzene rings is 1. The molecule has 0 aliphatic carbocycles. The molecular weight excluding hydrogens is 282 g/mol. The first kappa shape index (κ1) is 16.6. The van der Waals surface area contributed by atoms with Crippen LogP contribution in [0.4, 0.5) is 4.79 Å². The van der Waals surface area contributed by atoms with Crippen molar-refractivity contribution in [2.75, 3.05) is 52.5 Å². The highest BCUT2D eigenvalue weighted by molar-refractivity contribution is 5.73. The molecule has 2 rings (SSSR count). The molecule has 2 N–H and O–H groups in total. The van der Waals surface area contributed by atoms with Crippen LogP contribution in [0.5, 0.6) is 5.75 Å². The number of hydrogen-bond donors (Lipinski definition) is 2. The fraction of sp³-hybridized carbons (Fsp3) is 0.562. The van der Waals surface area contributed by atoms with E-state index in [-0.39, 0.29) is 6.03 Å². The molecular formula is C16H25N3O3. The Balaban J connectivity index is 1.44. The van der Waals surface area contributed by atoms with E-state index in [1.807, 2.05) is 30.3 Å². The van der Waals surface area contributed by atoms with Gasteiger partial charge in [-0.15, -0.1) is 0 Å². The summed E-state index contributed by atoms with van der Waals surface area (Å²) in [5.74, 6) is 0.859. The molecule has 0 bridgehead atoms. The van der Waals surface area contributed by atoms with Gasteiger partial charge in [-0.2, -0.15) is 0 Å². The summed E-state index contributed by atoms with van der Waals surface area (Å²) >= 11 is 0. The monoisotopic (exact) mass is 307 g/mol. The van der Waals surface area contributed by atoms with E-state index in [1.165, 1.54) is 0 Å². The molecule has 0 spiro atoms. The Kier molecular flexibility index (Phi) is 7.55. The summed E-state index contributed by atoms with van der Waals surface area (Å²) in [5, 5.41) is 5.70. The number of morpholine rings is 1. The second-order valence-corrected chi connectivity index (χ2v) is 5.15. The van der Waals surface area contributed by atoms with Crippen LogP contribution >= 0.6 is 0 Å². The molecule has 1 fully saturated rings. The summed E-state index contributed by atoms with van der Waals surface area (Å²) in [6.07, 6.45) is 0.784. The molecule has 0 unspecified atom stereocenters. The Morgan fingerprint density at radius 3 is 2.64 bits per heavy atom.